The van der Waals surface area contributed by atoms with Crippen LogP contribution < -0.4 is 5.32 Å². The first kappa shape index (κ1) is 6.91. The van der Waals surface area contributed by atoms with Crippen molar-refractivity contribution in [2.45, 2.75) is 25.0 Å². The lowest BCUT2D eigenvalue weighted by molar-refractivity contribution is 0.104. The molecule has 1 saturated carbocycles. The zero-order chi connectivity index (χ0) is 7.84. The van der Waals surface area contributed by atoms with Crippen molar-refractivity contribution in [3.8, 4) is 0 Å². The van der Waals surface area contributed by atoms with Crippen LogP contribution in [0.3, 0.4) is 0 Å². The predicted molar refractivity (Wildman–Crippen MR) is 37.0 cm³/mol. The van der Waals surface area contributed by atoms with E-state index in [2.05, 4.69) is 5.32 Å². The third kappa shape index (κ3) is 1.18. The van der Waals surface area contributed by atoms with E-state index in [4.69, 9.17) is 9.84 Å². The SMILES string of the molecule is O=C1NC(CO)C(C2CC2)O1. The molecular weight excluding hydrogens is 146 g/mol. The maximum Gasteiger partial charge on any atom is 0.407 e. The Labute approximate surface area is 64.5 Å². The minimum atomic E-state index is -0.388. The molecule has 2 atom stereocenters. The molecule has 0 aromatic carbocycles. The number of hydrogen-bond donors (Lipinski definition) is 2. The number of rotatable bonds is 2. The number of aliphatic hydroxyl groups excluding tert-OH is 1. The van der Waals surface area contributed by atoms with Crippen molar-refractivity contribution in [2.24, 2.45) is 5.92 Å². The van der Waals surface area contributed by atoms with Crippen LogP contribution in [0.4, 0.5) is 4.79 Å². The molecule has 2 N–H and O–H groups in total. The van der Waals surface area contributed by atoms with Gasteiger partial charge < -0.3 is 15.2 Å². The maximum absolute atomic E-state index is 10.7. The van der Waals surface area contributed by atoms with Gasteiger partial charge in [-0.15, -0.1) is 0 Å². The molecule has 1 saturated heterocycles. The Hall–Kier alpha value is -0.770. The van der Waals surface area contributed by atoms with Crippen molar-refractivity contribution in [1.82, 2.24) is 5.32 Å². The molecule has 0 spiro atoms. The van der Waals surface area contributed by atoms with Gasteiger partial charge >= 0.3 is 6.09 Å². The van der Waals surface area contributed by atoms with E-state index in [0.717, 1.165) is 12.8 Å². The van der Waals surface area contributed by atoms with Gasteiger partial charge in [0.1, 0.15) is 6.10 Å². The Morgan fingerprint density at radius 3 is 2.91 bits per heavy atom. The summed E-state index contributed by atoms with van der Waals surface area (Å²) in [7, 11) is 0. The molecule has 4 heteroatoms. The average Bonchev–Trinajstić information content (AvgIpc) is 2.75. The minimum absolute atomic E-state index is 0.0209. The Kier molecular flexibility index (Phi) is 1.49. The molecule has 1 aliphatic heterocycles. The van der Waals surface area contributed by atoms with Crippen molar-refractivity contribution >= 4 is 6.09 Å². The van der Waals surface area contributed by atoms with Crippen LogP contribution in [0.5, 0.6) is 0 Å². The lowest BCUT2D eigenvalue weighted by Crippen LogP contribution is -2.35. The number of carbonyl (C=O) groups excluding carboxylic acids is 1. The highest BCUT2D eigenvalue weighted by Gasteiger charge is 2.43. The average molecular weight is 157 g/mol. The number of ether oxygens (including phenoxy) is 1. The summed E-state index contributed by atoms with van der Waals surface area (Å²) in [6, 6.07) is -0.171. The van der Waals surface area contributed by atoms with Gasteiger partial charge in [-0.2, -0.15) is 0 Å². The number of alkyl carbamates (subject to hydrolysis) is 1. The van der Waals surface area contributed by atoms with Gasteiger partial charge in [-0.1, -0.05) is 0 Å². The summed E-state index contributed by atoms with van der Waals surface area (Å²) in [6.45, 7) is -0.0209. The summed E-state index contributed by atoms with van der Waals surface area (Å²) in [5.74, 6) is 0.492. The summed E-state index contributed by atoms with van der Waals surface area (Å²) in [5.41, 5.74) is 0. The number of hydrogen-bond acceptors (Lipinski definition) is 3. The van der Waals surface area contributed by atoms with E-state index < -0.39 is 0 Å². The second kappa shape index (κ2) is 2.37. The van der Waals surface area contributed by atoms with E-state index in [0.29, 0.717) is 5.92 Å². The first-order valence-corrected chi connectivity index (χ1v) is 3.89. The Balaban J connectivity index is 2.00. The van der Waals surface area contributed by atoms with E-state index in [9.17, 15) is 4.79 Å². The highest BCUT2D eigenvalue weighted by atomic mass is 16.6. The quantitative estimate of drug-likeness (QED) is 0.586. The normalized spacial score (nSPS) is 36.6. The molecule has 2 rings (SSSR count). The van der Waals surface area contributed by atoms with Crippen LogP contribution in [-0.4, -0.2) is 30.0 Å². The van der Waals surface area contributed by atoms with Gasteiger partial charge in [-0.05, 0) is 18.8 Å². The largest absolute Gasteiger partial charge is 0.444 e. The number of amides is 1. The molecule has 0 aromatic heterocycles. The standard InChI is InChI=1S/C7H11NO3/c9-3-5-6(4-1-2-4)11-7(10)8-5/h4-6,9H,1-3H2,(H,8,10). The highest BCUT2D eigenvalue weighted by molar-refractivity contribution is 5.70. The zero-order valence-electron chi connectivity index (χ0n) is 6.12. The summed E-state index contributed by atoms with van der Waals surface area (Å²) in [4.78, 5) is 10.7. The highest BCUT2D eigenvalue weighted by Crippen LogP contribution is 2.37. The van der Waals surface area contributed by atoms with E-state index in [1.807, 2.05) is 0 Å². The molecule has 0 bridgehead atoms. The Morgan fingerprint density at radius 1 is 1.64 bits per heavy atom. The number of carbonyl (C=O) groups is 1. The molecule has 0 radical (unpaired) electrons. The first-order chi connectivity index (χ1) is 5.31. The molecule has 1 heterocycles. The molecule has 1 aliphatic carbocycles. The van der Waals surface area contributed by atoms with Crippen molar-refractivity contribution in [3.05, 3.63) is 0 Å². The smallest absolute Gasteiger partial charge is 0.407 e. The van der Waals surface area contributed by atoms with Crippen LogP contribution in [0.15, 0.2) is 0 Å². The van der Waals surface area contributed by atoms with E-state index in [1.54, 1.807) is 0 Å². The van der Waals surface area contributed by atoms with Gasteiger partial charge in [0.05, 0.1) is 12.6 Å². The van der Waals surface area contributed by atoms with Gasteiger partial charge in [-0.25, -0.2) is 4.79 Å². The van der Waals surface area contributed by atoms with Gasteiger partial charge in [0.25, 0.3) is 0 Å². The molecule has 4 nitrogen and oxygen atoms in total. The van der Waals surface area contributed by atoms with Crippen molar-refractivity contribution < 1.29 is 14.6 Å². The minimum Gasteiger partial charge on any atom is -0.444 e. The molecule has 62 valence electrons. The summed E-state index contributed by atoms with van der Waals surface area (Å²) in [5, 5.41) is 11.4. The lowest BCUT2D eigenvalue weighted by atomic mass is 10.1. The Bertz CT molecular complexity index is 179. The van der Waals surface area contributed by atoms with Crippen molar-refractivity contribution in [1.29, 1.82) is 0 Å². The summed E-state index contributed by atoms with van der Waals surface area (Å²) >= 11 is 0. The van der Waals surface area contributed by atoms with E-state index in [-0.39, 0.29) is 24.8 Å². The first-order valence-electron chi connectivity index (χ1n) is 3.89. The molecule has 2 aliphatic rings. The van der Waals surface area contributed by atoms with Gasteiger partial charge in [-0.3, -0.25) is 0 Å². The second-order valence-electron chi connectivity index (χ2n) is 3.14. The van der Waals surface area contributed by atoms with Crippen LogP contribution in [-0.2, 0) is 4.74 Å². The fourth-order valence-corrected chi connectivity index (χ4v) is 1.47. The topological polar surface area (TPSA) is 58.6 Å². The molecule has 0 aromatic rings. The maximum atomic E-state index is 10.7. The third-order valence-electron chi connectivity index (χ3n) is 2.23. The van der Waals surface area contributed by atoms with Crippen LogP contribution >= 0.6 is 0 Å². The van der Waals surface area contributed by atoms with Gasteiger partial charge in [0.2, 0.25) is 0 Å². The molecular formula is C7H11NO3. The third-order valence-corrected chi connectivity index (χ3v) is 2.23. The molecule has 11 heavy (non-hydrogen) atoms. The number of cyclic esters (lactones) is 1. The Morgan fingerprint density at radius 2 is 2.36 bits per heavy atom. The van der Waals surface area contributed by atoms with Gasteiger partial charge in [0.15, 0.2) is 0 Å². The number of aliphatic hydroxyl groups is 1. The molecule has 2 fully saturated rings. The lowest BCUT2D eigenvalue weighted by Gasteiger charge is -2.12. The fourth-order valence-electron chi connectivity index (χ4n) is 1.47. The summed E-state index contributed by atoms with van der Waals surface area (Å²) < 4.78 is 4.98. The predicted octanol–water partition coefficient (Wildman–Crippen LogP) is -0.134. The summed E-state index contributed by atoms with van der Waals surface area (Å²) in [6.07, 6.45) is 1.78. The van der Waals surface area contributed by atoms with Crippen LogP contribution in [0, 0.1) is 5.92 Å². The fraction of sp³-hybridized carbons (Fsp3) is 0.857. The van der Waals surface area contributed by atoms with Crippen LogP contribution in [0.1, 0.15) is 12.8 Å². The van der Waals surface area contributed by atoms with Gasteiger partial charge in [0, 0.05) is 0 Å². The molecule has 1 amide bonds. The van der Waals surface area contributed by atoms with Crippen molar-refractivity contribution in [2.75, 3.05) is 6.61 Å². The van der Waals surface area contributed by atoms with E-state index in [1.165, 1.54) is 0 Å². The van der Waals surface area contributed by atoms with E-state index >= 15 is 0 Å². The second-order valence-corrected chi connectivity index (χ2v) is 3.14. The van der Waals surface area contributed by atoms with Crippen molar-refractivity contribution in [3.63, 3.8) is 0 Å². The zero-order valence-corrected chi connectivity index (χ0v) is 6.12. The van der Waals surface area contributed by atoms with Crippen LogP contribution in [0.2, 0.25) is 0 Å². The number of nitrogens with one attached hydrogen (secondary N) is 1. The monoisotopic (exact) mass is 157 g/mol. The molecule has 2 unspecified atom stereocenters. The van der Waals surface area contributed by atoms with Crippen LogP contribution in [0.25, 0.3) is 0 Å².